The highest BCUT2D eigenvalue weighted by molar-refractivity contribution is 7.27. The van der Waals surface area contributed by atoms with Crippen molar-refractivity contribution in [1.82, 2.24) is 9.13 Å². The van der Waals surface area contributed by atoms with Gasteiger partial charge in [-0.25, -0.2) is 4.85 Å². The number of thiophene rings is 2. The topological polar surface area (TPSA) is 51.1 Å². The standard InChI is InChI=1S/C74H40N4OS2/c1-76-68-63(44-23-7-3-8-24-44)56(42-75)69(78-70-49(39-40-50-46-27-13-17-37-61(46)80-73(50)70)55-41-54(43-21-5-2-6-22-43)67-53-30-14-18-38-62(53)81-74(67)71(55)78)64(45-25-9-4-10-26-45)72(68)77-57-33-15-11-28-51(57)65-47(31-19-34-58(65)77)48-32-20-36-60-66(48)52-29-12-16-35-59(52)79-60/h2-41H. The van der Waals surface area contributed by atoms with Crippen LogP contribution in [0.1, 0.15) is 5.56 Å². The molecule has 0 atom stereocenters. The van der Waals surface area contributed by atoms with Gasteiger partial charge in [0, 0.05) is 74.4 Å². The lowest BCUT2D eigenvalue weighted by Gasteiger charge is -2.26. The Kier molecular flexibility index (Phi) is 9.82. The molecule has 0 saturated carbocycles. The average Bonchev–Trinajstić information content (AvgIpc) is 4.38. The normalized spacial score (nSPS) is 11.9. The maximum atomic E-state index is 12.4. The average molecular weight is 1070 g/mol. The van der Waals surface area contributed by atoms with Gasteiger partial charge in [0.15, 0.2) is 0 Å². The summed E-state index contributed by atoms with van der Waals surface area (Å²) < 4.78 is 15.9. The van der Waals surface area contributed by atoms with Crippen molar-refractivity contribution < 1.29 is 4.42 Å². The Bertz CT molecular complexity index is 5610. The first-order valence-corrected chi connectivity index (χ1v) is 28.6. The molecule has 5 nitrogen and oxygen atoms in total. The van der Waals surface area contributed by atoms with E-state index in [1.165, 1.54) is 25.6 Å². The van der Waals surface area contributed by atoms with Crippen molar-refractivity contribution in [2.75, 3.05) is 0 Å². The summed E-state index contributed by atoms with van der Waals surface area (Å²) in [6.45, 7) is 9.59. The number of para-hydroxylation sites is 2. The maximum absolute atomic E-state index is 12.4. The molecular weight excluding hydrogens is 1020 g/mol. The molecular formula is C74H40N4OS2. The summed E-state index contributed by atoms with van der Waals surface area (Å²) >= 11 is 3.60. The first-order valence-electron chi connectivity index (χ1n) is 27.0. The van der Waals surface area contributed by atoms with Crippen LogP contribution in [0.3, 0.4) is 0 Å². The van der Waals surface area contributed by atoms with Gasteiger partial charge in [0.25, 0.3) is 0 Å². The van der Waals surface area contributed by atoms with E-state index < -0.39 is 0 Å². The smallest absolute Gasteiger partial charge is 0.220 e. The predicted octanol–water partition coefficient (Wildman–Crippen LogP) is 21.6. The molecule has 0 aliphatic carbocycles. The van der Waals surface area contributed by atoms with Crippen molar-refractivity contribution >= 4 is 134 Å². The highest BCUT2D eigenvalue weighted by atomic mass is 32.1. The fourth-order valence-corrected chi connectivity index (χ4v) is 15.8. The molecule has 0 N–H and O–H groups in total. The molecule has 81 heavy (non-hydrogen) atoms. The van der Waals surface area contributed by atoms with Crippen molar-refractivity contribution in [2.24, 2.45) is 0 Å². The van der Waals surface area contributed by atoms with Gasteiger partial charge < -0.3 is 13.6 Å². The minimum atomic E-state index is 0.391. The molecule has 0 unspecified atom stereocenters. The van der Waals surface area contributed by atoms with Crippen molar-refractivity contribution in [1.29, 1.82) is 5.26 Å². The number of rotatable bonds is 6. The zero-order chi connectivity index (χ0) is 53.4. The second-order valence-electron chi connectivity index (χ2n) is 20.7. The molecule has 0 fully saturated rings. The molecule has 0 spiro atoms. The molecule has 0 amide bonds. The number of nitrogens with zero attached hydrogens (tertiary/aromatic N) is 4. The number of nitriles is 1. The fraction of sp³-hybridized carbons (Fsp3) is 0. The van der Waals surface area contributed by atoms with Crippen LogP contribution in [0.2, 0.25) is 0 Å². The third-order valence-corrected chi connectivity index (χ3v) is 18.9. The molecule has 0 saturated heterocycles. The molecule has 0 aliphatic rings. The maximum Gasteiger partial charge on any atom is 0.220 e. The molecule has 0 bridgehead atoms. The van der Waals surface area contributed by atoms with Gasteiger partial charge in [0.2, 0.25) is 5.69 Å². The molecule has 17 aromatic rings. The van der Waals surface area contributed by atoms with Gasteiger partial charge in [-0.05, 0) is 75.8 Å². The summed E-state index contributed by atoms with van der Waals surface area (Å²) in [7, 11) is 0. The Hall–Kier alpha value is -10.5. The van der Waals surface area contributed by atoms with Crippen molar-refractivity contribution in [2.45, 2.75) is 0 Å². The van der Waals surface area contributed by atoms with Crippen LogP contribution in [0.5, 0.6) is 0 Å². The predicted molar refractivity (Wildman–Crippen MR) is 341 cm³/mol. The lowest BCUT2D eigenvalue weighted by molar-refractivity contribution is 0.669. The van der Waals surface area contributed by atoms with Crippen molar-refractivity contribution in [3.63, 3.8) is 0 Å². The third-order valence-electron chi connectivity index (χ3n) is 16.6. The lowest BCUT2D eigenvalue weighted by Crippen LogP contribution is -2.09. The van der Waals surface area contributed by atoms with E-state index in [0.29, 0.717) is 22.5 Å². The molecule has 17 rings (SSSR count). The summed E-state index contributed by atoms with van der Waals surface area (Å²) in [4.78, 5) is 4.67. The van der Waals surface area contributed by atoms with E-state index in [0.717, 1.165) is 125 Å². The van der Waals surface area contributed by atoms with Gasteiger partial charge in [0.05, 0.1) is 55.0 Å². The van der Waals surface area contributed by atoms with Gasteiger partial charge in [-0.15, -0.1) is 22.7 Å². The Morgan fingerprint density at radius 3 is 1.69 bits per heavy atom. The SMILES string of the molecule is [C-]#[N+]c1c(-c2ccccc2)c(C#N)c(-n2c3c(ccc4c5ccccc5sc43)c3cc(-c4ccccc4)c4c5ccccc5sc4c32)c(-c2ccccc2)c1-n1c2ccccc2c2c(-c3cccc4oc5ccccc5c34)cccc21. The van der Waals surface area contributed by atoms with Crippen molar-refractivity contribution in [3.8, 4) is 62.0 Å². The minimum Gasteiger partial charge on any atom is -0.456 e. The highest BCUT2D eigenvalue weighted by Gasteiger charge is 2.34. The number of furan rings is 1. The highest BCUT2D eigenvalue weighted by Crippen LogP contribution is 2.56. The van der Waals surface area contributed by atoms with Gasteiger partial charge in [-0.2, -0.15) is 5.26 Å². The van der Waals surface area contributed by atoms with Gasteiger partial charge >= 0.3 is 0 Å². The minimum absolute atomic E-state index is 0.391. The molecule has 0 aliphatic heterocycles. The van der Waals surface area contributed by atoms with E-state index in [-0.39, 0.29) is 0 Å². The quantitative estimate of drug-likeness (QED) is 0.156. The molecule has 7 heteroatoms. The van der Waals surface area contributed by atoms with Crippen LogP contribution in [0.25, 0.3) is 167 Å². The second kappa shape index (κ2) is 17.5. The van der Waals surface area contributed by atoms with Crippen LogP contribution < -0.4 is 0 Å². The summed E-state index contributed by atoms with van der Waals surface area (Å²) in [6, 6.07) is 88.5. The van der Waals surface area contributed by atoms with Crippen LogP contribution in [0, 0.1) is 17.9 Å². The van der Waals surface area contributed by atoms with Crippen LogP contribution in [-0.2, 0) is 0 Å². The van der Waals surface area contributed by atoms with E-state index in [4.69, 9.17) is 4.42 Å². The van der Waals surface area contributed by atoms with Crippen molar-refractivity contribution in [3.05, 3.63) is 260 Å². The molecule has 12 aromatic carbocycles. The summed E-state index contributed by atoms with van der Waals surface area (Å²) in [6.07, 6.45) is 0. The van der Waals surface area contributed by atoms with Crippen LogP contribution in [-0.4, -0.2) is 9.13 Å². The molecule has 374 valence electrons. The number of benzene rings is 12. The van der Waals surface area contributed by atoms with E-state index in [2.05, 4.69) is 214 Å². The zero-order valence-electron chi connectivity index (χ0n) is 43.1. The molecule has 0 radical (unpaired) electrons. The third kappa shape index (κ3) is 6.39. The van der Waals surface area contributed by atoms with Gasteiger partial charge in [-0.1, -0.05) is 200 Å². The van der Waals surface area contributed by atoms with Crippen LogP contribution >= 0.6 is 22.7 Å². The van der Waals surface area contributed by atoms with E-state index >= 15 is 0 Å². The first-order chi connectivity index (χ1) is 40.2. The zero-order valence-corrected chi connectivity index (χ0v) is 44.7. The number of hydrogen-bond acceptors (Lipinski definition) is 4. The molecule has 5 aromatic heterocycles. The van der Waals surface area contributed by atoms with E-state index in [1.54, 1.807) is 22.7 Å². The lowest BCUT2D eigenvalue weighted by atomic mass is 9.88. The van der Waals surface area contributed by atoms with E-state index in [9.17, 15) is 11.8 Å². The Morgan fingerprint density at radius 2 is 0.951 bits per heavy atom. The Balaban J connectivity index is 1.13. The van der Waals surface area contributed by atoms with Gasteiger partial charge in [-0.3, -0.25) is 0 Å². The molecule has 5 heterocycles. The van der Waals surface area contributed by atoms with Crippen LogP contribution in [0.15, 0.2) is 247 Å². The first kappa shape index (κ1) is 45.5. The summed E-state index contributed by atoms with van der Waals surface area (Å²) in [5.41, 5.74) is 15.3. The summed E-state index contributed by atoms with van der Waals surface area (Å²) in [5.74, 6) is 0. The second-order valence-corrected chi connectivity index (χ2v) is 22.8. The number of aromatic nitrogens is 2. The number of fused-ring (bicyclic) bond motifs is 17. The fourth-order valence-electron chi connectivity index (χ4n) is 13.3. The number of hydrogen-bond donors (Lipinski definition) is 0. The van der Waals surface area contributed by atoms with E-state index in [1.807, 2.05) is 48.5 Å². The largest absolute Gasteiger partial charge is 0.456 e. The Morgan fingerprint density at radius 1 is 0.395 bits per heavy atom. The monoisotopic (exact) mass is 1060 g/mol. The van der Waals surface area contributed by atoms with Gasteiger partial charge in [0.1, 0.15) is 17.2 Å². The Labute approximate surface area is 471 Å². The summed E-state index contributed by atoms with van der Waals surface area (Å²) in [5, 5.41) is 23.5. The van der Waals surface area contributed by atoms with Crippen LogP contribution in [0.4, 0.5) is 5.69 Å².